The molecule has 0 saturated carbocycles. The lowest BCUT2D eigenvalue weighted by Crippen LogP contribution is -2.28. The number of carbonyl (C=O) groups is 2. The first kappa shape index (κ1) is 24.1. The van der Waals surface area contributed by atoms with Gasteiger partial charge in [0.2, 0.25) is 0 Å². The van der Waals surface area contributed by atoms with E-state index in [2.05, 4.69) is 45.8 Å². The lowest BCUT2D eigenvalue weighted by atomic mass is 10.0. The molecule has 8 nitrogen and oxygen atoms in total. The van der Waals surface area contributed by atoms with Gasteiger partial charge in [0.1, 0.15) is 23.5 Å². The fraction of sp³-hybridized carbons (Fsp3) is 0.0968. The van der Waals surface area contributed by atoms with Crippen molar-refractivity contribution in [2.45, 2.75) is 19.4 Å². The second-order valence-corrected chi connectivity index (χ2v) is 9.43. The van der Waals surface area contributed by atoms with Crippen LogP contribution >= 0.6 is 0 Å². The van der Waals surface area contributed by atoms with Crippen LogP contribution in [0.15, 0.2) is 102 Å². The number of carbonyl (C=O) groups excluding carboxylic acids is 1. The first-order valence-corrected chi connectivity index (χ1v) is 12.5. The third-order valence-corrected chi connectivity index (χ3v) is 6.85. The van der Waals surface area contributed by atoms with Crippen LogP contribution in [0, 0.1) is 0 Å². The zero-order valence-electron chi connectivity index (χ0n) is 21.0. The topological polar surface area (TPSA) is 110 Å². The predicted molar refractivity (Wildman–Crippen MR) is 147 cm³/mol. The summed E-state index contributed by atoms with van der Waals surface area (Å²) in [6, 6.07) is 26.1. The quantitative estimate of drug-likeness (QED) is 0.272. The summed E-state index contributed by atoms with van der Waals surface area (Å²) in [5.41, 5.74) is 4.58. The minimum Gasteiger partial charge on any atom is -0.478 e. The van der Waals surface area contributed by atoms with Gasteiger partial charge in [-0.15, -0.1) is 0 Å². The zero-order valence-corrected chi connectivity index (χ0v) is 21.0. The number of pyridine rings is 1. The van der Waals surface area contributed by atoms with Crippen molar-refractivity contribution in [3.8, 4) is 11.3 Å². The van der Waals surface area contributed by atoms with E-state index in [1.54, 1.807) is 30.5 Å². The Kier molecular flexibility index (Phi) is 6.13. The number of carboxylic acids is 1. The summed E-state index contributed by atoms with van der Waals surface area (Å²) in [6.07, 6.45) is 3.78. The average molecular weight is 517 g/mol. The molecule has 0 aliphatic heterocycles. The highest BCUT2D eigenvalue weighted by Crippen LogP contribution is 2.25. The number of aromatic nitrogens is 3. The van der Waals surface area contributed by atoms with E-state index in [4.69, 9.17) is 4.52 Å². The van der Waals surface area contributed by atoms with Crippen LogP contribution in [-0.2, 0) is 6.42 Å². The van der Waals surface area contributed by atoms with Crippen LogP contribution in [0.1, 0.15) is 50.8 Å². The number of nitrogens with one attached hydrogen (secondary N) is 1. The molecule has 3 heterocycles. The molecule has 1 amide bonds. The SMILES string of the molecule is C[C@H](NC(=O)c1cc(-c2ccon2)cc2cnc(Cc3ccc4ccccc4c3)n12)c1ccc(C(=O)O)cc1. The summed E-state index contributed by atoms with van der Waals surface area (Å²) in [5.74, 6) is -0.558. The number of amides is 1. The van der Waals surface area contributed by atoms with E-state index in [1.807, 2.05) is 29.5 Å². The Labute approximate surface area is 223 Å². The Hall–Kier alpha value is -5.24. The number of hydrogen-bond acceptors (Lipinski definition) is 5. The van der Waals surface area contributed by atoms with Crippen LogP contribution in [0.2, 0.25) is 0 Å². The summed E-state index contributed by atoms with van der Waals surface area (Å²) in [4.78, 5) is 29.6. The second-order valence-electron chi connectivity index (χ2n) is 9.43. The standard InChI is InChI=1S/C31H24N4O4/c1-19(21-8-10-23(11-9-21)31(37)38)33-30(36)28-17-25(27-12-13-39-34-27)16-26-18-32-29(35(26)28)15-20-6-7-22-4-2-3-5-24(22)14-20/h2-14,16-19H,15H2,1H3,(H,33,36)(H,37,38)/t19-/m0/s1. The molecule has 1 atom stereocenters. The molecule has 6 rings (SSSR count). The molecule has 0 spiro atoms. The molecular formula is C31H24N4O4. The number of carboxylic acid groups (broad SMARTS) is 1. The van der Waals surface area contributed by atoms with Crippen molar-refractivity contribution in [1.82, 2.24) is 19.9 Å². The van der Waals surface area contributed by atoms with Crippen LogP contribution in [0.5, 0.6) is 0 Å². The van der Waals surface area contributed by atoms with Crippen molar-refractivity contribution in [2.24, 2.45) is 0 Å². The van der Waals surface area contributed by atoms with E-state index >= 15 is 0 Å². The highest BCUT2D eigenvalue weighted by molar-refractivity contribution is 5.95. The molecule has 0 fully saturated rings. The fourth-order valence-corrected chi connectivity index (χ4v) is 4.80. The minimum absolute atomic E-state index is 0.191. The number of fused-ring (bicyclic) bond motifs is 2. The molecule has 0 bridgehead atoms. The van der Waals surface area contributed by atoms with Crippen molar-refractivity contribution in [2.75, 3.05) is 0 Å². The molecule has 0 aliphatic carbocycles. The third kappa shape index (κ3) is 4.75. The lowest BCUT2D eigenvalue weighted by Gasteiger charge is -2.17. The van der Waals surface area contributed by atoms with Crippen LogP contribution < -0.4 is 5.32 Å². The van der Waals surface area contributed by atoms with Crippen molar-refractivity contribution >= 4 is 28.2 Å². The molecule has 0 unspecified atom stereocenters. The molecule has 2 N–H and O–H groups in total. The minimum atomic E-state index is -0.996. The number of hydrogen-bond donors (Lipinski definition) is 2. The Morgan fingerprint density at radius 1 is 0.974 bits per heavy atom. The van der Waals surface area contributed by atoms with Gasteiger partial charge in [-0.2, -0.15) is 0 Å². The Morgan fingerprint density at radius 2 is 1.77 bits per heavy atom. The Morgan fingerprint density at radius 3 is 2.51 bits per heavy atom. The first-order valence-electron chi connectivity index (χ1n) is 12.5. The number of nitrogens with zero attached hydrogens (tertiary/aromatic N) is 3. The van der Waals surface area contributed by atoms with Gasteiger partial charge in [0.25, 0.3) is 5.91 Å². The Balaban J connectivity index is 1.38. The normalized spacial score (nSPS) is 12.0. The summed E-state index contributed by atoms with van der Waals surface area (Å²) in [7, 11) is 0. The van der Waals surface area contributed by atoms with Crippen molar-refractivity contribution in [3.63, 3.8) is 0 Å². The molecule has 8 heteroatoms. The van der Waals surface area contributed by atoms with Gasteiger partial charge in [0.15, 0.2) is 0 Å². The molecule has 0 radical (unpaired) electrons. The maximum Gasteiger partial charge on any atom is 0.335 e. The molecule has 6 aromatic rings. The number of imidazole rings is 1. The van der Waals surface area contributed by atoms with Crippen molar-refractivity contribution < 1.29 is 19.2 Å². The van der Waals surface area contributed by atoms with E-state index in [1.165, 1.54) is 18.4 Å². The van der Waals surface area contributed by atoms with E-state index in [0.717, 1.165) is 38.8 Å². The third-order valence-electron chi connectivity index (χ3n) is 6.85. The summed E-state index contributed by atoms with van der Waals surface area (Å²) in [5, 5.41) is 18.6. The lowest BCUT2D eigenvalue weighted by molar-refractivity contribution is 0.0696. The maximum atomic E-state index is 13.7. The molecule has 0 saturated heterocycles. The van der Waals surface area contributed by atoms with E-state index < -0.39 is 5.97 Å². The van der Waals surface area contributed by atoms with E-state index in [-0.39, 0.29) is 17.5 Å². The number of rotatable bonds is 7. The second kappa shape index (κ2) is 9.90. The van der Waals surface area contributed by atoms with E-state index in [9.17, 15) is 14.7 Å². The molecular weight excluding hydrogens is 492 g/mol. The maximum absolute atomic E-state index is 13.7. The van der Waals surface area contributed by atoms with Gasteiger partial charge in [-0.05, 0) is 53.1 Å². The van der Waals surface area contributed by atoms with Crippen LogP contribution in [0.25, 0.3) is 27.5 Å². The van der Waals surface area contributed by atoms with Gasteiger partial charge in [0, 0.05) is 18.1 Å². The van der Waals surface area contributed by atoms with Crippen LogP contribution in [0.3, 0.4) is 0 Å². The first-order chi connectivity index (χ1) is 19.0. The highest BCUT2D eigenvalue weighted by Gasteiger charge is 2.20. The number of benzene rings is 3. The monoisotopic (exact) mass is 516 g/mol. The zero-order chi connectivity index (χ0) is 26.9. The molecule has 192 valence electrons. The molecule has 3 aromatic carbocycles. The summed E-state index contributed by atoms with van der Waals surface area (Å²) in [6.45, 7) is 1.86. The summed E-state index contributed by atoms with van der Waals surface area (Å²) < 4.78 is 6.90. The van der Waals surface area contributed by atoms with E-state index in [0.29, 0.717) is 17.8 Å². The molecule has 39 heavy (non-hydrogen) atoms. The van der Waals surface area contributed by atoms with Gasteiger partial charge in [-0.3, -0.25) is 9.20 Å². The number of aromatic carboxylic acids is 1. The smallest absolute Gasteiger partial charge is 0.335 e. The average Bonchev–Trinajstić information content (AvgIpc) is 3.63. The van der Waals surface area contributed by atoms with Crippen molar-refractivity contribution in [1.29, 1.82) is 0 Å². The fourth-order valence-electron chi connectivity index (χ4n) is 4.80. The highest BCUT2D eigenvalue weighted by atomic mass is 16.5. The summed E-state index contributed by atoms with van der Waals surface area (Å²) >= 11 is 0. The van der Waals surface area contributed by atoms with Crippen molar-refractivity contribution in [3.05, 3.63) is 126 Å². The van der Waals surface area contributed by atoms with Crippen LogP contribution in [-0.4, -0.2) is 31.5 Å². The van der Waals surface area contributed by atoms with Gasteiger partial charge >= 0.3 is 5.97 Å². The molecule has 0 aliphatic rings. The van der Waals surface area contributed by atoms with Gasteiger partial charge in [-0.25, -0.2) is 9.78 Å². The van der Waals surface area contributed by atoms with Gasteiger partial charge in [0.05, 0.1) is 23.3 Å². The predicted octanol–water partition coefficient (Wildman–Crippen LogP) is 5.92. The van der Waals surface area contributed by atoms with Gasteiger partial charge in [-0.1, -0.05) is 59.8 Å². The van der Waals surface area contributed by atoms with Crippen LogP contribution in [0.4, 0.5) is 0 Å². The largest absolute Gasteiger partial charge is 0.478 e. The van der Waals surface area contributed by atoms with Gasteiger partial charge < -0.3 is 14.9 Å². The molecule has 3 aromatic heterocycles. The Bertz CT molecular complexity index is 1820.